The molecule has 6 heteroatoms. The van der Waals surface area contributed by atoms with Crippen LogP contribution in [0.5, 0.6) is 0 Å². The van der Waals surface area contributed by atoms with Crippen LogP contribution in [0.2, 0.25) is 15.1 Å². The molecule has 29 heavy (non-hydrogen) atoms. The van der Waals surface area contributed by atoms with Gasteiger partial charge < -0.3 is 0 Å². The molecule has 2 aromatic rings. The van der Waals surface area contributed by atoms with E-state index in [0.717, 1.165) is 11.3 Å². The molecule has 0 radical (unpaired) electrons. The van der Waals surface area contributed by atoms with Crippen molar-refractivity contribution >= 4 is 52.2 Å². The Kier molecular flexibility index (Phi) is 5.27. The highest BCUT2D eigenvalue weighted by Crippen LogP contribution is 2.49. The van der Waals surface area contributed by atoms with E-state index >= 15 is 0 Å². The Labute approximate surface area is 185 Å². The number of nitrogens with zero attached hydrogens (tertiary/aromatic N) is 1. The van der Waals surface area contributed by atoms with Gasteiger partial charge in [0.05, 0.1) is 15.7 Å². The molecule has 0 N–H and O–H groups in total. The van der Waals surface area contributed by atoms with Gasteiger partial charge in [-0.25, -0.2) is 0 Å². The summed E-state index contributed by atoms with van der Waals surface area (Å²) in [6.45, 7) is 4.08. The lowest BCUT2D eigenvalue weighted by atomic mass is 9.69. The Balaban J connectivity index is 1.94. The maximum Gasteiger partial charge on any atom is 0.232 e. The fourth-order valence-corrected chi connectivity index (χ4v) is 4.95. The topological polar surface area (TPSA) is 37.4 Å². The van der Waals surface area contributed by atoms with Crippen molar-refractivity contribution < 1.29 is 9.59 Å². The van der Waals surface area contributed by atoms with Crippen LogP contribution in [0.15, 0.2) is 53.7 Å². The van der Waals surface area contributed by atoms with Gasteiger partial charge in [0.15, 0.2) is 5.78 Å². The number of halogens is 3. The standard InChI is InChI=1S/C23H20Cl3NO2/c1-23(2)11-18-21(19(28)12-23)15(13-5-3-6-14(24)9-13)10-20(29)27(18)17-8-4-7-16(25)22(17)26/h3-9,15H,10-12H2,1-2H3. The summed E-state index contributed by atoms with van der Waals surface area (Å²) in [4.78, 5) is 28.2. The van der Waals surface area contributed by atoms with Crippen LogP contribution < -0.4 is 4.90 Å². The number of carbonyl (C=O) groups excluding carboxylic acids is 2. The Hall–Kier alpha value is -1.81. The van der Waals surface area contributed by atoms with Gasteiger partial charge in [-0.1, -0.05) is 66.8 Å². The second-order valence-corrected chi connectivity index (χ2v) is 9.64. The number of hydrogen-bond acceptors (Lipinski definition) is 2. The van der Waals surface area contributed by atoms with Crippen molar-refractivity contribution in [3.8, 4) is 0 Å². The zero-order valence-electron chi connectivity index (χ0n) is 16.1. The van der Waals surface area contributed by atoms with Crippen LogP contribution in [0.3, 0.4) is 0 Å². The summed E-state index contributed by atoms with van der Waals surface area (Å²) >= 11 is 18.9. The SMILES string of the molecule is CC1(C)CC(=O)C2=C(C1)N(c1cccc(Cl)c1Cl)C(=O)CC2c1cccc(Cl)c1. The van der Waals surface area contributed by atoms with Gasteiger partial charge in [0.2, 0.25) is 5.91 Å². The van der Waals surface area contributed by atoms with Crippen molar-refractivity contribution in [3.63, 3.8) is 0 Å². The number of hydrogen-bond donors (Lipinski definition) is 0. The second kappa shape index (κ2) is 7.46. The van der Waals surface area contributed by atoms with Gasteiger partial charge >= 0.3 is 0 Å². The zero-order valence-corrected chi connectivity index (χ0v) is 18.4. The summed E-state index contributed by atoms with van der Waals surface area (Å²) < 4.78 is 0. The minimum Gasteiger partial charge on any atom is -0.294 e. The summed E-state index contributed by atoms with van der Waals surface area (Å²) in [6, 6.07) is 12.6. The lowest BCUT2D eigenvalue weighted by Gasteiger charge is -2.43. The second-order valence-electron chi connectivity index (χ2n) is 8.42. The van der Waals surface area contributed by atoms with E-state index in [1.807, 2.05) is 32.0 Å². The third kappa shape index (κ3) is 3.72. The van der Waals surface area contributed by atoms with Crippen molar-refractivity contribution in [3.05, 3.63) is 74.4 Å². The smallest absolute Gasteiger partial charge is 0.232 e. The number of anilines is 1. The highest BCUT2D eigenvalue weighted by Gasteiger charge is 2.44. The van der Waals surface area contributed by atoms with Gasteiger partial charge in [0, 0.05) is 35.1 Å². The summed E-state index contributed by atoms with van der Waals surface area (Å²) in [5.41, 5.74) is 2.55. The number of carbonyl (C=O) groups is 2. The highest BCUT2D eigenvalue weighted by atomic mass is 35.5. The predicted molar refractivity (Wildman–Crippen MR) is 118 cm³/mol. The van der Waals surface area contributed by atoms with E-state index in [1.165, 1.54) is 0 Å². The fourth-order valence-electron chi connectivity index (χ4n) is 4.37. The van der Waals surface area contributed by atoms with Crippen LogP contribution in [0.25, 0.3) is 0 Å². The third-order valence-corrected chi connectivity index (χ3v) is 6.61. The first-order chi connectivity index (χ1) is 13.7. The molecule has 0 bridgehead atoms. The van der Waals surface area contributed by atoms with Gasteiger partial charge in [-0.3, -0.25) is 14.5 Å². The minimum absolute atomic E-state index is 0.0666. The average Bonchev–Trinajstić information content (AvgIpc) is 2.63. The lowest BCUT2D eigenvalue weighted by molar-refractivity contribution is -0.121. The minimum atomic E-state index is -0.311. The van der Waals surface area contributed by atoms with Crippen LogP contribution in [-0.4, -0.2) is 11.7 Å². The van der Waals surface area contributed by atoms with Crippen LogP contribution in [0, 0.1) is 5.41 Å². The van der Waals surface area contributed by atoms with Gasteiger partial charge in [0.1, 0.15) is 0 Å². The first kappa shape index (κ1) is 20.5. The predicted octanol–water partition coefficient (Wildman–Crippen LogP) is 6.81. The summed E-state index contributed by atoms with van der Waals surface area (Å²) in [6.07, 6.45) is 1.21. The molecule has 1 amide bonds. The Morgan fingerprint density at radius 1 is 1.00 bits per heavy atom. The lowest BCUT2D eigenvalue weighted by Crippen LogP contribution is -2.43. The molecule has 150 valence electrons. The average molecular weight is 449 g/mol. The van der Waals surface area contributed by atoms with E-state index in [1.54, 1.807) is 29.2 Å². The first-order valence-electron chi connectivity index (χ1n) is 9.46. The molecule has 1 aliphatic heterocycles. The molecular formula is C23H20Cl3NO2. The largest absolute Gasteiger partial charge is 0.294 e. The number of amides is 1. The van der Waals surface area contributed by atoms with Gasteiger partial charge in [0.25, 0.3) is 0 Å². The molecule has 1 heterocycles. The van der Waals surface area contributed by atoms with E-state index in [9.17, 15) is 9.59 Å². The van der Waals surface area contributed by atoms with Crippen molar-refractivity contribution in [1.29, 1.82) is 0 Å². The molecule has 3 nitrogen and oxygen atoms in total. The molecule has 1 atom stereocenters. The van der Waals surface area contributed by atoms with Crippen molar-refractivity contribution in [2.24, 2.45) is 5.41 Å². The van der Waals surface area contributed by atoms with Crippen molar-refractivity contribution in [1.82, 2.24) is 0 Å². The highest BCUT2D eigenvalue weighted by molar-refractivity contribution is 6.44. The maximum atomic E-state index is 13.3. The van der Waals surface area contributed by atoms with E-state index in [2.05, 4.69) is 0 Å². The maximum absolute atomic E-state index is 13.3. The molecule has 1 aliphatic carbocycles. The normalized spacial score (nSPS) is 21.4. The summed E-state index contributed by atoms with van der Waals surface area (Å²) in [7, 11) is 0. The molecule has 0 aromatic heterocycles. The molecule has 0 spiro atoms. The van der Waals surface area contributed by atoms with Crippen LogP contribution >= 0.6 is 34.8 Å². The van der Waals surface area contributed by atoms with Crippen molar-refractivity contribution in [2.45, 2.75) is 39.0 Å². The van der Waals surface area contributed by atoms with Gasteiger partial charge in [-0.2, -0.15) is 0 Å². The van der Waals surface area contributed by atoms with E-state index in [-0.39, 0.29) is 29.4 Å². The quantitative estimate of drug-likeness (QED) is 0.506. The Bertz CT molecular complexity index is 1060. The number of rotatable bonds is 2. The number of benzene rings is 2. The Morgan fingerprint density at radius 2 is 1.72 bits per heavy atom. The Morgan fingerprint density at radius 3 is 2.45 bits per heavy atom. The fraction of sp³-hybridized carbons (Fsp3) is 0.304. The molecule has 0 saturated heterocycles. The first-order valence-corrected chi connectivity index (χ1v) is 10.6. The molecule has 0 saturated carbocycles. The summed E-state index contributed by atoms with van der Waals surface area (Å²) in [5, 5.41) is 1.27. The number of allylic oxidation sites excluding steroid dienone is 2. The molecule has 2 aliphatic rings. The van der Waals surface area contributed by atoms with Gasteiger partial charge in [-0.05, 0) is 41.7 Å². The van der Waals surface area contributed by atoms with Gasteiger partial charge in [-0.15, -0.1) is 0 Å². The zero-order chi connectivity index (χ0) is 20.9. The van der Waals surface area contributed by atoms with Crippen molar-refractivity contribution in [2.75, 3.05) is 4.90 Å². The molecular weight excluding hydrogens is 429 g/mol. The van der Waals surface area contributed by atoms with Crippen LogP contribution in [-0.2, 0) is 9.59 Å². The third-order valence-electron chi connectivity index (χ3n) is 5.57. The summed E-state index contributed by atoms with van der Waals surface area (Å²) in [5.74, 6) is -0.353. The monoisotopic (exact) mass is 447 g/mol. The molecule has 2 aromatic carbocycles. The molecule has 1 unspecified atom stereocenters. The van der Waals surface area contributed by atoms with E-state index < -0.39 is 0 Å². The molecule has 0 fully saturated rings. The van der Waals surface area contributed by atoms with E-state index in [4.69, 9.17) is 34.8 Å². The van der Waals surface area contributed by atoms with E-state index in [0.29, 0.717) is 39.2 Å². The number of Topliss-reactive ketones (excluding diaryl/α,β-unsaturated/α-hetero) is 1. The molecule has 4 rings (SSSR count). The number of ketones is 1. The van der Waals surface area contributed by atoms with Crippen LogP contribution in [0.4, 0.5) is 5.69 Å². The van der Waals surface area contributed by atoms with Crippen LogP contribution in [0.1, 0.15) is 44.6 Å².